The maximum atomic E-state index is 10.9. The minimum Gasteiger partial charge on any atom is -0.494 e. The molecule has 0 atom stereocenters. The maximum absolute atomic E-state index is 10.9. The van der Waals surface area contributed by atoms with E-state index in [1.807, 2.05) is 7.05 Å². The van der Waals surface area contributed by atoms with Crippen LogP contribution in [0.15, 0.2) is 29.4 Å². The Bertz CT molecular complexity index is 673. The van der Waals surface area contributed by atoms with Gasteiger partial charge >= 0.3 is 5.97 Å². The van der Waals surface area contributed by atoms with Crippen LogP contribution in [0.1, 0.15) is 42.4 Å². The minimum absolute atomic E-state index is 0.237. The molecule has 2 rings (SSSR count). The first kappa shape index (κ1) is 18.3. The van der Waals surface area contributed by atoms with E-state index in [1.54, 1.807) is 30.0 Å². The number of nitrogens with zero attached hydrogens (tertiary/aromatic N) is 3. The third-order valence-electron chi connectivity index (χ3n) is 3.55. The molecule has 1 aromatic heterocycles. The topological polar surface area (TPSA) is 77.2 Å². The summed E-state index contributed by atoms with van der Waals surface area (Å²) in [6.45, 7) is 2.70. The number of thioether (sulfide) groups is 1. The summed E-state index contributed by atoms with van der Waals surface area (Å²) in [5.74, 6) is 1.54. The molecule has 0 unspecified atom stereocenters. The third-order valence-corrected chi connectivity index (χ3v) is 4.66. The maximum Gasteiger partial charge on any atom is 0.335 e. The van der Waals surface area contributed by atoms with Crippen LogP contribution in [0.25, 0.3) is 0 Å². The lowest BCUT2D eigenvalue weighted by molar-refractivity contribution is 0.0696. The van der Waals surface area contributed by atoms with E-state index in [0.717, 1.165) is 42.4 Å². The molecule has 1 N–H and O–H groups in total. The van der Waals surface area contributed by atoms with Crippen LogP contribution in [0.4, 0.5) is 0 Å². The first-order chi connectivity index (χ1) is 11.6. The van der Waals surface area contributed by atoms with Crippen LogP contribution < -0.4 is 4.74 Å². The molecule has 130 valence electrons. The van der Waals surface area contributed by atoms with Crippen LogP contribution >= 0.6 is 11.8 Å². The lowest BCUT2D eigenvalue weighted by Gasteiger charge is -2.07. The Labute approximate surface area is 146 Å². The molecule has 0 saturated heterocycles. The Balaban J connectivity index is 1.72. The van der Waals surface area contributed by atoms with E-state index in [1.165, 1.54) is 6.07 Å². The molecule has 0 amide bonds. The first-order valence-corrected chi connectivity index (χ1v) is 9.07. The molecule has 2 aromatic rings. The predicted molar refractivity (Wildman–Crippen MR) is 93.9 cm³/mol. The number of carboxylic acids is 1. The van der Waals surface area contributed by atoms with Gasteiger partial charge in [-0.3, -0.25) is 0 Å². The van der Waals surface area contributed by atoms with Crippen LogP contribution in [-0.2, 0) is 13.5 Å². The smallest absolute Gasteiger partial charge is 0.335 e. The predicted octanol–water partition coefficient (Wildman–Crippen LogP) is 3.42. The van der Waals surface area contributed by atoms with Gasteiger partial charge in [0, 0.05) is 19.2 Å². The van der Waals surface area contributed by atoms with Gasteiger partial charge in [-0.05, 0) is 31.0 Å². The number of hydrogen-bond donors (Lipinski definition) is 1. The van der Waals surface area contributed by atoms with Gasteiger partial charge in [0.15, 0.2) is 5.16 Å². The lowest BCUT2D eigenvalue weighted by Crippen LogP contribution is -2.02. The second kappa shape index (κ2) is 9.32. The van der Waals surface area contributed by atoms with E-state index in [2.05, 4.69) is 21.7 Å². The van der Waals surface area contributed by atoms with Gasteiger partial charge in [-0.15, -0.1) is 10.2 Å². The van der Waals surface area contributed by atoms with Crippen LogP contribution in [0.3, 0.4) is 0 Å². The summed E-state index contributed by atoms with van der Waals surface area (Å²) < 4.78 is 7.66. The molecule has 7 heteroatoms. The first-order valence-electron chi connectivity index (χ1n) is 8.09. The standard InChI is InChI=1S/C17H23N3O3S/c1-3-4-9-15-18-19-17(20(15)2)24-11-6-10-23-14-8-5-7-13(12-14)16(21)22/h5,7-8,12H,3-4,6,9-11H2,1-2H3,(H,21,22). The molecular formula is C17H23N3O3S. The van der Waals surface area contributed by atoms with Crippen molar-refractivity contribution in [2.75, 3.05) is 12.4 Å². The van der Waals surface area contributed by atoms with Crippen LogP contribution in [-0.4, -0.2) is 38.2 Å². The summed E-state index contributed by atoms with van der Waals surface area (Å²) >= 11 is 1.66. The van der Waals surface area contributed by atoms with Gasteiger partial charge in [0.25, 0.3) is 0 Å². The number of carboxylic acid groups (broad SMARTS) is 1. The quantitative estimate of drug-likeness (QED) is 0.523. The zero-order chi connectivity index (χ0) is 17.4. The van der Waals surface area contributed by atoms with Crippen molar-refractivity contribution in [3.05, 3.63) is 35.7 Å². The molecule has 0 spiro atoms. The van der Waals surface area contributed by atoms with Gasteiger partial charge in [0.1, 0.15) is 11.6 Å². The number of carbonyl (C=O) groups is 1. The highest BCUT2D eigenvalue weighted by molar-refractivity contribution is 7.99. The summed E-state index contributed by atoms with van der Waals surface area (Å²) in [5, 5.41) is 18.3. The molecule has 0 aliphatic heterocycles. The molecule has 0 saturated carbocycles. The molecular weight excluding hydrogens is 326 g/mol. The van der Waals surface area contributed by atoms with E-state index in [-0.39, 0.29) is 5.56 Å². The van der Waals surface area contributed by atoms with Crippen molar-refractivity contribution in [2.24, 2.45) is 7.05 Å². The normalized spacial score (nSPS) is 10.8. The molecule has 0 aliphatic rings. The molecule has 1 aromatic carbocycles. The number of hydrogen-bond acceptors (Lipinski definition) is 5. The number of aromatic carboxylic acids is 1. The van der Waals surface area contributed by atoms with Crippen molar-refractivity contribution in [3.63, 3.8) is 0 Å². The van der Waals surface area contributed by atoms with Crippen LogP contribution in [0, 0.1) is 0 Å². The largest absolute Gasteiger partial charge is 0.494 e. The van der Waals surface area contributed by atoms with Gasteiger partial charge in [-0.25, -0.2) is 4.79 Å². The fourth-order valence-corrected chi connectivity index (χ4v) is 3.00. The summed E-state index contributed by atoms with van der Waals surface area (Å²) in [6, 6.07) is 6.54. The van der Waals surface area contributed by atoms with Gasteiger partial charge in [-0.1, -0.05) is 31.2 Å². The summed E-state index contributed by atoms with van der Waals surface area (Å²) in [6.07, 6.45) is 4.08. The van der Waals surface area contributed by atoms with Gasteiger partial charge < -0.3 is 14.4 Å². The van der Waals surface area contributed by atoms with E-state index < -0.39 is 5.97 Å². The Morgan fingerprint density at radius 2 is 2.17 bits per heavy atom. The minimum atomic E-state index is -0.947. The highest BCUT2D eigenvalue weighted by Gasteiger charge is 2.08. The van der Waals surface area contributed by atoms with Crippen molar-refractivity contribution in [3.8, 4) is 5.75 Å². The van der Waals surface area contributed by atoms with E-state index in [9.17, 15) is 4.79 Å². The molecule has 0 aliphatic carbocycles. The molecule has 0 bridgehead atoms. The highest BCUT2D eigenvalue weighted by Crippen LogP contribution is 2.18. The van der Waals surface area contributed by atoms with Gasteiger partial charge in [-0.2, -0.15) is 0 Å². The number of ether oxygens (including phenoxy) is 1. The molecule has 24 heavy (non-hydrogen) atoms. The third kappa shape index (κ3) is 5.26. The monoisotopic (exact) mass is 349 g/mol. The van der Waals surface area contributed by atoms with Crippen LogP contribution in [0.5, 0.6) is 5.75 Å². The Morgan fingerprint density at radius 1 is 1.33 bits per heavy atom. The molecule has 0 fully saturated rings. The average Bonchev–Trinajstić information content (AvgIpc) is 2.93. The van der Waals surface area contributed by atoms with E-state index in [4.69, 9.17) is 9.84 Å². The lowest BCUT2D eigenvalue weighted by atomic mass is 10.2. The average molecular weight is 349 g/mol. The summed E-state index contributed by atoms with van der Waals surface area (Å²) in [5.41, 5.74) is 0.237. The van der Waals surface area contributed by atoms with Gasteiger partial charge in [0.05, 0.1) is 12.2 Å². The number of aryl methyl sites for hydroxylation is 1. The summed E-state index contributed by atoms with van der Waals surface area (Å²) in [7, 11) is 2.00. The zero-order valence-electron chi connectivity index (χ0n) is 14.1. The van der Waals surface area contributed by atoms with E-state index in [0.29, 0.717) is 12.4 Å². The molecule has 0 radical (unpaired) electrons. The Morgan fingerprint density at radius 3 is 2.92 bits per heavy atom. The molecule has 6 nitrogen and oxygen atoms in total. The number of benzene rings is 1. The van der Waals surface area contributed by atoms with Crippen molar-refractivity contribution in [1.82, 2.24) is 14.8 Å². The fourth-order valence-electron chi connectivity index (χ4n) is 2.15. The van der Waals surface area contributed by atoms with Crippen LogP contribution in [0.2, 0.25) is 0 Å². The number of aromatic nitrogens is 3. The van der Waals surface area contributed by atoms with Crippen molar-refractivity contribution < 1.29 is 14.6 Å². The zero-order valence-corrected chi connectivity index (χ0v) is 14.9. The SMILES string of the molecule is CCCCc1nnc(SCCCOc2cccc(C(=O)O)c2)n1C. The number of rotatable bonds is 10. The number of unbranched alkanes of at least 4 members (excludes halogenated alkanes) is 1. The van der Waals surface area contributed by atoms with Crippen molar-refractivity contribution in [2.45, 2.75) is 37.8 Å². The fraction of sp³-hybridized carbons (Fsp3) is 0.471. The Kier molecular flexibility index (Phi) is 7.11. The molecule has 1 heterocycles. The Hall–Kier alpha value is -2.02. The highest BCUT2D eigenvalue weighted by atomic mass is 32.2. The van der Waals surface area contributed by atoms with Crippen molar-refractivity contribution >= 4 is 17.7 Å². The van der Waals surface area contributed by atoms with E-state index >= 15 is 0 Å². The van der Waals surface area contributed by atoms with Gasteiger partial charge in [0.2, 0.25) is 0 Å². The van der Waals surface area contributed by atoms with Crippen molar-refractivity contribution in [1.29, 1.82) is 0 Å². The second-order valence-corrected chi connectivity index (χ2v) is 6.51. The summed E-state index contributed by atoms with van der Waals surface area (Å²) in [4.78, 5) is 10.9. The second-order valence-electron chi connectivity index (χ2n) is 5.44.